The van der Waals surface area contributed by atoms with Crippen LogP contribution < -0.4 is 10.6 Å². The number of nitrogens with one attached hydrogen (secondary N) is 2. The molecule has 1 amide bonds. The van der Waals surface area contributed by atoms with Crippen molar-refractivity contribution in [2.75, 3.05) is 53.1 Å². The minimum absolute atomic E-state index is 0.143. The first-order chi connectivity index (χ1) is 15.3. The highest BCUT2D eigenvalue weighted by atomic mass is 16.5. The summed E-state index contributed by atoms with van der Waals surface area (Å²) < 4.78 is 11.2. The monoisotopic (exact) mass is 430 g/mol. The molecule has 0 aromatic heterocycles. The fourth-order valence-electron chi connectivity index (χ4n) is 4.04. The molecule has 0 saturated carbocycles. The van der Waals surface area contributed by atoms with Crippen LogP contribution in [0.1, 0.15) is 54.4 Å². The first-order valence-corrected chi connectivity index (χ1v) is 11.7. The molecule has 2 heterocycles. The van der Waals surface area contributed by atoms with Crippen LogP contribution in [-0.2, 0) is 16.0 Å². The number of benzene rings is 1. The van der Waals surface area contributed by atoms with Crippen LogP contribution in [-0.4, -0.2) is 69.9 Å². The highest BCUT2D eigenvalue weighted by Gasteiger charge is 2.18. The summed E-state index contributed by atoms with van der Waals surface area (Å²) in [6.45, 7) is 6.50. The summed E-state index contributed by atoms with van der Waals surface area (Å²) >= 11 is 0. The van der Waals surface area contributed by atoms with Crippen molar-refractivity contribution < 1.29 is 14.3 Å². The molecule has 2 fully saturated rings. The smallest absolute Gasteiger partial charge is 0.253 e. The zero-order chi connectivity index (χ0) is 21.7. The van der Waals surface area contributed by atoms with Gasteiger partial charge in [-0.15, -0.1) is 0 Å². The van der Waals surface area contributed by atoms with Gasteiger partial charge in [0.25, 0.3) is 5.91 Å². The van der Waals surface area contributed by atoms with Crippen LogP contribution in [0.5, 0.6) is 0 Å². The molecule has 2 N–H and O–H groups in total. The molecule has 0 aliphatic carbocycles. The van der Waals surface area contributed by atoms with Crippen molar-refractivity contribution >= 4 is 11.9 Å². The summed E-state index contributed by atoms with van der Waals surface area (Å²) in [5, 5.41) is 6.66. The van der Waals surface area contributed by atoms with Gasteiger partial charge >= 0.3 is 0 Å². The molecular formula is C24H38N4O3. The van der Waals surface area contributed by atoms with Gasteiger partial charge in [-0.3, -0.25) is 9.79 Å². The highest BCUT2D eigenvalue weighted by molar-refractivity contribution is 5.94. The Kier molecular flexibility index (Phi) is 10.1. The first kappa shape index (κ1) is 23.5. The predicted molar refractivity (Wildman–Crippen MR) is 123 cm³/mol. The van der Waals surface area contributed by atoms with Gasteiger partial charge in [0.15, 0.2) is 5.96 Å². The van der Waals surface area contributed by atoms with Crippen molar-refractivity contribution in [2.24, 2.45) is 10.9 Å². The average molecular weight is 431 g/mol. The van der Waals surface area contributed by atoms with E-state index in [0.717, 1.165) is 95.3 Å². The van der Waals surface area contributed by atoms with Crippen LogP contribution >= 0.6 is 0 Å². The third-order valence-corrected chi connectivity index (χ3v) is 5.95. The van der Waals surface area contributed by atoms with Crippen molar-refractivity contribution in [3.05, 3.63) is 35.4 Å². The van der Waals surface area contributed by atoms with Gasteiger partial charge in [-0.2, -0.15) is 0 Å². The largest absolute Gasteiger partial charge is 0.381 e. The lowest BCUT2D eigenvalue weighted by Gasteiger charge is -2.26. The molecule has 0 unspecified atom stereocenters. The van der Waals surface area contributed by atoms with Gasteiger partial charge in [-0.25, -0.2) is 0 Å². The molecule has 2 aliphatic heterocycles. The Labute approximate surface area is 186 Å². The van der Waals surface area contributed by atoms with E-state index < -0.39 is 0 Å². The van der Waals surface area contributed by atoms with Gasteiger partial charge < -0.3 is 25.0 Å². The van der Waals surface area contributed by atoms with Gasteiger partial charge in [0, 0.05) is 65.2 Å². The Hall–Kier alpha value is -2.12. The maximum atomic E-state index is 12.7. The summed E-state index contributed by atoms with van der Waals surface area (Å²) in [6, 6.07) is 7.90. The number of carbonyl (C=O) groups is 1. The van der Waals surface area contributed by atoms with Crippen molar-refractivity contribution in [1.29, 1.82) is 0 Å². The van der Waals surface area contributed by atoms with E-state index in [9.17, 15) is 4.79 Å². The molecule has 2 aliphatic rings. The number of aliphatic imine (C=N–C) groups is 1. The number of guanidine groups is 1. The van der Waals surface area contributed by atoms with Gasteiger partial charge in [0.2, 0.25) is 0 Å². The summed E-state index contributed by atoms with van der Waals surface area (Å²) in [7, 11) is 1.77. The molecule has 31 heavy (non-hydrogen) atoms. The van der Waals surface area contributed by atoms with E-state index in [1.807, 2.05) is 29.2 Å². The zero-order valence-corrected chi connectivity index (χ0v) is 18.9. The summed E-state index contributed by atoms with van der Waals surface area (Å²) in [6.07, 6.45) is 6.59. The number of hydrogen-bond donors (Lipinski definition) is 2. The summed E-state index contributed by atoms with van der Waals surface area (Å²) in [5.74, 6) is 1.55. The van der Waals surface area contributed by atoms with Crippen molar-refractivity contribution in [1.82, 2.24) is 15.5 Å². The number of rotatable bonds is 9. The topological polar surface area (TPSA) is 75.2 Å². The molecule has 7 nitrogen and oxygen atoms in total. The average Bonchev–Trinajstić information content (AvgIpc) is 2.84. The minimum Gasteiger partial charge on any atom is -0.381 e. The molecule has 1 aromatic carbocycles. The molecule has 0 atom stereocenters. The van der Waals surface area contributed by atoms with Crippen LogP contribution in [0.4, 0.5) is 0 Å². The lowest BCUT2D eigenvalue weighted by Crippen LogP contribution is -2.38. The normalized spacial score (nSPS) is 18.1. The quantitative estimate of drug-likeness (QED) is 0.358. The summed E-state index contributed by atoms with van der Waals surface area (Å²) in [5.41, 5.74) is 1.84. The van der Waals surface area contributed by atoms with Crippen molar-refractivity contribution in [3.8, 4) is 0 Å². The number of ether oxygens (including phenoxy) is 2. The molecule has 7 heteroatoms. The molecular weight excluding hydrogens is 392 g/mol. The number of piperidine rings is 1. The molecule has 0 spiro atoms. The first-order valence-electron chi connectivity index (χ1n) is 11.7. The Morgan fingerprint density at radius 1 is 1.19 bits per heavy atom. The Morgan fingerprint density at radius 3 is 2.77 bits per heavy atom. The van der Waals surface area contributed by atoms with E-state index in [-0.39, 0.29) is 5.91 Å². The molecule has 0 radical (unpaired) electrons. The van der Waals surface area contributed by atoms with Gasteiger partial charge in [0.05, 0.1) is 0 Å². The van der Waals surface area contributed by atoms with Crippen LogP contribution in [0.2, 0.25) is 0 Å². The number of hydrogen-bond acceptors (Lipinski definition) is 4. The third-order valence-electron chi connectivity index (χ3n) is 5.95. The second-order valence-electron chi connectivity index (χ2n) is 8.39. The van der Waals surface area contributed by atoms with Crippen LogP contribution in [0.15, 0.2) is 29.3 Å². The summed E-state index contributed by atoms with van der Waals surface area (Å²) in [4.78, 5) is 19.0. The second-order valence-corrected chi connectivity index (χ2v) is 8.39. The predicted octanol–water partition coefficient (Wildman–Crippen LogP) is 2.81. The molecule has 0 bridgehead atoms. The number of amides is 1. The third kappa shape index (κ3) is 8.15. The number of likely N-dealkylation sites (tertiary alicyclic amines) is 1. The standard InChI is InChI=1S/C24H38N4O3/c1-25-24(26-11-6-14-31-19-20-9-15-30-16-10-20)27-18-21-7-5-8-22(17-21)23(29)28-12-3-2-4-13-28/h5,7-8,17,20H,2-4,6,9-16,18-19H2,1H3,(H2,25,26,27). The second kappa shape index (κ2) is 13.3. The number of carbonyl (C=O) groups excluding carboxylic acids is 1. The zero-order valence-electron chi connectivity index (χ0n) is 18.9. The van der Waals surface area contributed by atoms with Crippen LogP contribution in [0, 0.1) is 5.92 Å². The van der Waals surface area contributed by atoms with E-state index in [0.29, 0.717) is 12.5 Å². The lowest BCUT2D eigenvalue weighted by molar-refractivity contribution is 0.0203. The van der Waals surface area contributed by atoms with Gasteiger partial charge in [0.1, 0.15) is 0 Å². The Morgan fingerprint density at radius 2 is 2.00 bits per heavy atom. The van der Waals surface area contributed by atoms with E-state index in [4.69, 9.17) is 9.47 Å². The Bertz CT molecular complexity index is 698. The fourth-order valence-corrected chi connectivity index (χ4v) is 4.04. The SMILES string of the molecule is CN=C(NCCCOCC1CCOCC1)NCc1cccc(C(=O)N2CCCCC2)c1. The van der Waals surface area contributed by atoms with Crippen molar-refractivity contribution in [2.45, 2.75) is 45.1 Å². The van der Waals surface area contributed by atoms with Gasteiger partial charge in [-0.05, 0) is 62.1 Å². The van der Waals surface area contributed by atoms with E-state index in [1.54, 1.807) is 7.05 Å². The van der Waals surface area contributed by atoms with E-state index in [2.05, 4.69) is 15.6 Å². The van der Waals surface area contributed by atoms with Crippen molar-refractivity contribution in [3.63, 3.8) is 0 Å². The van der Waals surface area contributed by atoms with Crippen LogP contribution in [0.25, 0.3) is 0 Å². The van der Waals surface area contributed by atoms with Crippen LogP contribution in [0.3, 0.4) is 0 Å². The van der Waals surface area contributed by atoms with E-state index >= 15 is 0 Å². The maximum Gasteiger partial charge on any atom is 0.253 e. The van der Waals surface area contributed by atoms with E-state index in [1.165, 1.54) is 6.42 Å². The van der Waals surface area contributed by atoms with Gasteiger partial charge in [-0.1, -0.05) is 12.1 Å². The fraction of sp³-hybridized carbons (Fsp3) is 0.667. The molecule has 3 rings (SSSR count). The molecule has 1 aromatic rings. The number of nitrogens with zero attached hydrogens (tertiary/aromatic N) is 2. The Balaban J connectivity index is 1.33. The lowest BCUT2D eigenvalue weighted by atomic mass is 10.0. The highest BCUT2D eigenvalue weighted by Crippen LogP contribution is 2.15. The minimum atomic E-state index is 0.143. The maximum absolute atomic E-state index is 12.7. The molecule has 2 saturated heterocycles. The molecule has 172 valence electrons.